The number of amides is 2. The Morgan fingerprint density at radius 2 is 2.26 bits per heavy atom. The maximum Gasteiger partial charge on any atom is 0.246 e. The van der Waals surface area contributed by atoms with Crippen molar-refractivity contribution in [2.45, 2.75) is 45.3 Å². The molecule has 6 heteroatoms. The van der Waals surface area contributed by atoms with Crippen LogP contribution in [-0.4, -0.2) is 39.6 Å². The second-order valence-corrected chi connectivity index (χ2v) is 4.81. The fourth-order valence-electron chi connectivity index (χ4n) is 2.26. The Balaban J connectivity index is 1.93. The molecule has 0 aromatic carbocycles. The quantitative estimate of drug-likeness (QED) is 0.788. The maximum atomic E-state index is 11.9. The Kier molecular flexibility index (Phi) is 4.31. The Morgan fingerprint density at radius 1 is 1.47 bits per heavy atom. The first-order chi connectivity index (χ1) is 9.13. The predicted molar refractivity (Wildman–Crippen MR) is 70.2 cm³/mol. The zero-order valence-corrected chi connectivity index (χ0v) is 11.4. The SMILES string of the molecule is CCCn1nccc1CNC1CCC(=O)N(C)C1=O. The molecule has 1 saturated heterocycles. The highest BCUT2D eigenvalue weighted by Crippen LogP contribution is 2.12. The Bertz CT molecular complexity index is 469. The van der Waals surface area contributed by atoms with Gasteiger partial charge in [-0.2, -0.15) is 5.10 Å². The lowest BCUT2D eigenvalue weighted by molar-refractivity contribution is -0.148. The molecule has 104 valence electrons. The summed E-state index contributed by atoms with van der Waals surface area (Å²) in [6.45, 7) is 3.57. The first kappa shape index (κ1) is 13.7. The molecule has 2 amide bonds. The Hall–Kier alpha value is -1.69. The number of carbonyl (C=O) groups is 2. The van der Waals surface area contributed by atoms with Crippen molar-refractivity contribution in [2.24, 2.45) is 0 Å². The molecule has 1 fully saturated rings. The third kappa shape index (κ3) is 3.01. The summed E-state index contributed by atoms with van der Waals surface area (Å²) in [4.78, 5) is 24.5. The van der Waals surface area contributed by atoms with E-state index in [0.29, 0.717) is 19.4 Å². The van der Waals surface area contributed by atoms with Crippen molar-refractivity contribution >= 4 is 11.8 Å². The van der Waals surface area contributed by atoms with E-state index in [4.69, 9.17) is 0 Å². The van der Waals surface area contributed by atoms with Gasteiger partial charge in [-0.05, 0) is 18.9 Å². The number of hydrogen-bond donors (Lipinski definition) is 1. The highest BCUT2D eigenvalue weighted by Gasteiger charge is 2.31. The summed E-state index contributed by atoms with van der Waals surface area (Å²) in [5.41, 5.74) is 1.06. The van der Waals surface area contributed by atoms with Crippen LogP contribution in [-0.2, 0) is 22.7 Å². The van der Waals surface area contributed by atoms with Crippen LogP contribution < -0.4 is 5.32 Å². The molecule has 1 aliphatic rings. The van der Waals surface area contributed by atoms with Gasteiger partial charge in [0.25, 0.3) is 0 Å². The number of piperidine rings is 1. The molecular formula is C13H20N4O2. The van der Waals surface area contributed by atoms with Crippen molar-refractivity contribution in [3.05, 3.63) is 18.0 Å². The number of imide groups is 1. The number of nitrogens with zero attached hydrogens (tertiary/aromatic N) is 3. The van der Waals surface area contributed by atoms with E-state index in [-0.39, 0.29) is 17.9 Å². The van der Waals surface area contributed by atoms with Gasteiger partial charge in [0, 0.05) is 32.8 Å². The molecule has 1 N–H and O–H groups in total. The lowest BCUT2D eigenvalue weighted by Gasteiger charge is -2.28. The van der Waals surface area contributed by atoms with Crippen LogP contribution in [0, 0.1) is 0 Å². The Labute approximate surface area is 112 Å². The van der Waals surface area contributed by atoms with Crippen molar-refractivity contribution in [3.8, 4) is 0 Å². The normalized spacial score (nSPS) is 20.1. The van der Waals surface area contributed by atoms with Gasteiger partial charge in [-0.3, -0.25) is 19.2 Å². The molecule has 0 spiro atoms. The molecule has 1 aromatic heterocycles. The van der Waals surface area contributed by atoms with Crippen LogP contribution in [0.1, 0.15) is 31.9 Å². The first-order valence-electron chi connectivity index (χ1n) is 6.68. The fraction of sp³-hybridized carbons (Fsp3) is 0.615. The van der Waals surface area contributed by atoms with Crippen LogP contribution in [0.15, 0.2) is 12.3 Å². The van der Waals surface area contributed by atoms with Crippen LogP contribution in [0.3, 0.4) is 0 Å². The molecule has 2 rings (SSSR count). The molecule has 2 heterocycles. The standard InChI is InChI=1S/C13H20N4O2/c1-3-8-17-10(6-7-15-17)9-14-11-4-5-12(18)16(2)13(11)19/h6-7,11,14H,3-5,8-9H2,1-2H3. The summed E-state index contributed by atoms with van der Waals surface area (Å²) in [6.07, 6.45) is 3.79. The van der Waals surface area contributed by atoms with E-state index in [2.05, 4.69) is 17.3 Å². The second kappa shape index (κ2) is 5.97. The molecule has 0 radical (unpaired) electrons. The van der Waals surface area contributed by atoms with E-state index in [1.165, 1.54) is 4.90 Å². The summed E-state index contributed by atoms with van der Waals surface area (Å²) < 4.78 is 1.94. The molecular weight excluding hydrogens is 244 g/mol. The zero-order valence-electron chi connectivity index (χ0n) is 11.4. The molecule has 1 aromatic rings. The monoisotopic (exact) mass is 264 g/mol. The molecule has 1 aliphatic heterocycles. The van der Waals surface area contributed by atoms with Gasteiger partial charge >= 0.3 is 0 Å². The molecule has 0 saturated carbocycles. The number of hydrogen-bond acceptors (Lipinski definition) is 4. The summed E-state index contributed by atoms with van der Waals surface area (Å²) in [5, 5.41) is 7.46. The molecule has 0 aliphatic carbocycles. The first-order valence-corrected chi connectivity index (χ1v) is 6.68. The van der Waals surface area contributed by atoms with E-state index in [1.54, 1.807) is 13.2 Å². The predicted octanol–water partition coefficient (Wildman–Crippen LogP) is 0.530. The van der Waals surface area contributed by atoms with E-state index < -0.39 is 0 Å². The highest BCUT2D eigenvalue weighted by atomic mass is 16.2. The summed E-state index contributed by atoms with van der Waals surface area (Å²) in [6, 6.07) is 1.68. The molecule has 1 atom stereocenters. The van der Waals surface area contributed by atoms with E-state index >= 15 is 0 Å². The van der Waals surface area contributed by atoms with Crippen LogP contribution in [0.2, 0.25) is 0 Å². The number of carbonyl (C=O) groups excluding carboxylic acids is 2. The Morgan fingerprint density at radius 3 is 3.00 bits per heavy atom. The van der Waals surface area contributed by atoms with Crippen molar-refractivity contribution in [2.75, 3.05) is 7.05 Å². The number of likely N-dealkylation sites (N-methyl/N-ethyl adjacent to an activating group) is 1. The lowest BCUT2D eigenvalue weighted by atomic mass is 10.0. The third-order valence-corrected chi connectivity index (χ3v) is 3.42. The van der Waals surface area contributed by atoms with E-state index in [0.717, 1.165) is 18.7 Å². The molecule has 6 nitrogen and oxygen atoms in total. The third-order valence-electron chi connectivity index (χ3n) is 3.42. The van der Waals surface area contributed by atoms with Gasteiger partial charge in [0.1, 0.15) is 0 Å². The number of likely N-dealkylation sites (tertiary alicyclic amines) is 1. The average Bonchev–Trinajstić information content (AvgIpc) is 2.83. The molecule has 19 heavy (non-hydrogen) atoms. The lowest BCUT2D eigenvalue weighted by Crippen LogP contribution is -2.51. The van der Waals surface area contributed by atoms with Crippen molar-refractivity contribution < 1.29 is 9.59 Å². The van der Waals surface area contributed by atoms with Gasteiger partial charge in [0.2, 0.25) is 11.8 Å². The smallest absolute Gasteiger partial charge is 0.246 e. The average molecular weight is 264 g/mol. The zero-order chi connectivity index (χ0) is 13.8. The van der Waals surface area contributed by atoms with E-state index in [1.807, 2.05) is 10.7 Å². The number of aryl methyl sites for hydroxylation is 1. The van der Waals surface area contributed by atoms with Gasteiger partial charge in [-0.25, -0.2) is 0 Å². The summed E-state index contributed by atoms with van der Waals surface area (Å²) >= 11 is 0. The second-order valence-electron chi connectivity index (χ2n) is 4.81. The fourth-order valence-corrected chi connectivity index (χ4v) is 2.26. The number of nitrogens with one attached hydrogen (secondary N) is 1. The van der Waals surface area contributed by atoms with Crippen molar-refractivity contribution in [3.63, 3.8) is 0 Å². The van der Waals surface area contributed by atoms with Crippen molar-refractivity contribution in [1.82, 2.24) is 20.0 Å². The topological polar surface area (TPSA) is 67.2 Å². The molecule has 1 unspecified atom stereocenters. The minimum atomic E-state index is -0.271. The minimum Gasteiger partial charge on any atom is -0.300 e. The summed E-state index contributed by atoms with van der Waals surface area (Å²) in [7, 11) is 1.54. The maximum absolute atomic E-state index is 11.9. The molecule has 0 bridgehead atoms. The van der Waals surface area contributed by atoms with Gasteiger partial charge in [-0.15, -0.1) is 0 Å². The van der Waals surface area contributed by atoms with Crippen LogP contribution >= 0.6 is 0 Å². The minimum absolute atomic E-state index is 0.0981. The highest BCUT2D eigenvalue weighted by molar-refractivity contribution is 6.00. The van der Waals surface area contributed by atoms with E-state index in [9.17, 15) is 9.59 Å². The summed E-state index contributed by atoms with van der Waals surface area (Å²) in [5.74, 6) is -0.239. The largest absolute Gasteiger partial charge is 0.300 e. The van der Waals surface area contributed by atoms with Crippen LogP contribution in [0.4, 0.5) is 0 Å². The van der Waals surface area contributed by atoms with Crippen molar-refractivity contribution in [1.29, 1.82) is 0 Å². The van der Waals surface area contributed by atoms with Gasteiger partial charge in [-0.1, -0.05) is 6.92 Å². The number of rotatable bonds is 5. The van der Waals surface area contributed by atoms with Gasteiger partial charge in [0.05, 0.1) is 11.7 Å². The van der Waals surface area contributed by atoms with Crippen LogP contribution in [0.25, 0.3) is 0 Å². The van der Waals surface area contributed by atoms with Gasteiger partial charge < -0.3 is 5.32 Å². The number of aromatic nitrogens is 2. The van der Waals surface area contributed by atoms with Crippen LogP contribution in [0.5, 0.6) is 0 Å². The van der Waals surface area contributed by atoms with Gasteiger partial charge in [0.15, 0.2) is 0 Å².